The van der Waals surface area contributed by atoms with Crippen molar-refractivity contribution in [3.8, 4) is 5.75 Å². The Morgan fingerprint density at radius 1 is 1.43 bits per heavy atom. The largest absolute Gasteiger partial charge is 0.495 e. The molecule has 0 heterocycles. The quantitative estimate of drug-likeness (QED) is 0.848. The van der Waals surface area contributed by atoms with Crippen molar-refractivity contribution in [3.05, 3.63) is 22.2 Å². The Bertz CT molecular complexity index is 581. The Balaban J connectivity index is 2.13. The molecule has 0 saturated heterocycles. The summed E-state index contributed by atoms with van der Waals surface area (Å²) in [6.07, 6.45) is 1.98. The molecule has 0 atom stereocenters. The van der Waals surface area contributed by atoms with Gasteiger partial charge in [-0.25, -0.2) is 0 Å². The summed E-state index contributed by atoms with van der Waals surface area (Å²) >= 11 is 3.41. The molecule has 114 valence electrons. The second-order valence-corrected chi connectivity index (χ2v) is 6.32. The van der Waals surface area contributed by atoms with E-state index in [0.717, 1.165) is 16.5 Å². The molecule has 0 bridgehead atoms. The molecule has 1 aromatic carbocycles. The zero-order valence-electron chi connectivity index (χ0n) is 12.0. The first-order chi connectivity index (χ1) is 9.88. The molecule has 1 fully saturated rings. The first-order valence-electron chi connectivity index (χ1n) is 6.75. The van der Waals surface area contributed by atoms with Crippen LogP contribution in [-0.2, 0) is 9.59 Å². The molecule has 1 aliphatic rings. The topological polar surface area (TPSA) is 75.6 Å². The monoisotopic (exact) mass is 355 g/mol. The van der Waals surface area contributed by atoms with E-state index in [2.05, 4.69) is 21.2 Å². The number of aryl methyl sites for hydroxylation is 1. The molecule has 0 unspecified atom stereocenters. The van der Waals surface area contributed by atoms with Gasteiger partial charge in [0.2, 0.25) is 5.91 Å². The highest BCUT2D eigenvalue weighted by Gasteiger charge is 2.45. The van der Waals surface area contributed by atoms with Crippen molar-refractivity contribution >= 4 is 33.5 Å². The second-order valence-electron chi connectivity index (χ2n) is 5.47. The number of carboxylic acids is 1. The van der Waals surface area contributed by atoms with Gasteiger partial charge >= 0.3 is 5.97 Å². The molecular formula is C15H18BrNO4. The summed E-state index contributed by atoms with van der Waals surface area (Å²) in [7, 11) is 1.53. The van der Waals surface area contributed by atoms with Crippen LogP contribution in [0.3, 0.4) is 0 Å². The maximum absolute atomic E-state index is 12.1. The van der Waals surface area contributed by atoms with E-state index in [1.807, 2.05) is 13.0 Å². The van der Waals surface area contributed by atoms with Crippen molar-refractivity contribution in [2.75, 3.05) is 12.4 Å². The SMILES string of the molecule is COc1cc(C)c(Br)cc1NC(=O)CC1(C(=O)O)CCC1. The number of halogens is 1. The third kappa shape index (κ3) is 3.20. The zero-order chi connectivity index (χ0) is 15.6. The highest BCUT2D eigenvalue weighted by molar-refractivity contribution is 9.10. The van der Waals surface area contributed by atoms with Gasteiger partial charge in [0.05, 0.1) is 18.2 Å². The maximum Gasteiger partial charge on any atom is 0.310 e. The smallest absolute Gasteiger partial charge is 0.310 e. The summed E-state index contributed by atoms with van der Waals surface area (Å²) in [4.78, 5) is 23.4. The predicted molar refractivity (Wildman–Crippen MR) is 82.6 cm³/mol. The number of ether oxygens (including phenoxy) is 1. The zero-order valence-corrected chi connectivity index (χ0v) is 13.6. The van der Waals surface area contributed by atoms with E-state index < -0.39 is 11.4 Å². The van der Waals surface area contributed by atoms with Gasteiger partial charge in [-0.2, -0.15) is 0 Å². The highest BCUT2D eigenvalue weighted by atomic mass is 79.9. The van der Waals surface area contributed by atoms with Crippen LogP contribution >= 0.6 is 15.9 Å². The summed E-state index contributed by atoms with van der Waals surface area (Å²) < 4.78 is 6.10. The molecule has 0 aliphatic heterocycles. The van der Waals surface area contributed by atoms with Gasteiger partial charge in [-0.05, 0) is 37.5 Å². The second kappa shape index (κ2) is 6.05. The van der Waals surface area contributed by atoms with E-state index in [-0.39, 0.29) is 12.3 Å². The third-order valence-corrected chi connectivity index (χ3v) is 4.87. The number of aliphatic carboxylic acids is 1. The fourth-order valence-corrected chi connectivity index (χ4v) is 2.84. The number of methoxy groups -OCH3 is 1. The first-order valence-corrected chi connectivity index (χ1v) is 7.55. The molecule has 0 spiro atoms. The number of carbonyl (C=O) groups is 2. The van der Waals surface area contributed by atoms with Gasteiger partial charge in [0, 0.05) is 10.9 Å². The molecule has 21 heavy (non-hydrogen) atoms. The lowest BCUT2D eigenvalue weighted by atomic mass is 9.66. The molecule has 2 N–H and O–H groups in total. The van der Waals surface area contributed by atoms with Gasteiger partial charge in [0.25, 0.3) is 0 Å². The van der Waals surface area contributed by atoms with Gasteiger partial charge in [-0.1, -0.05) is 22.4 Å². The first kappa shape index (κ1) is 15.8. The number of benzene rings is 1. The molecule has 0 radical (unpaired) electrons. The van der Waals surface area contributed by atoms with Crippen molar-refractivity contribution in [1.82, 2.24) is 0 Å². The number of anilines is 1. The number of rotatable bonds is 5. The Morgan fingerprint density at radius 2 is 2.10 bits per heavy atom. The van der Waals surface area contributed by atoms with Crippen LogP contribution in [0.4, 0.5) is 5.69 Å². The van der Waals surface area contributed by atoms with E-state index >= 15 is 0 Å². The fraction of sp³-hybridized carbons (Fsp3) is 0.467. The number of amides is 1. The van der Waals surface area contributed by atoms with Crippen LogP contribution in [0.25, 0.3) is 0 Å². The van der Waals surface area contributed by atoms with Gasteiger partial charge < -0.3 is 15.2 Å². The summed E-state index contributed by atoms with van der Waals surface area (Å²) in [5.74, 6) is -0.630. The van der Waals surface area contributed by atoms with Crippen LogP contribution in [-0.4, -0.2) is 24.1 Å². The number of hydrogen-bond acceptors (Lipinski definition) is 3. The van der Waals surface area contributed by atoms with E-state index in [0.29, 0.717) is 24.3 Å². The van der Waals surface area contributed by atoms with Crippen LogP contribution in [0.2, 0.25) is 0 Å². The lowest BCUT2D eigenvalue weighted by molar-refractivity contribution is -0.157. The van der Waals surface area contributed by atoms with Crippen LogP contribution < -0.4 is 10.1 Å². The maximum atomic E-state index is 12.1. The predicted octanol–water partition coefficient (Wildman–Crippen LogP) is 3.35. The Morgan fingerprint density at radius 3 is 2.57 bits per heavy atom. The third-order valence-electron chi connectivity index (χ3n) is 4.02. The van der Waals surface area contributed by atoms with Crippen LogP contribution in [0.5, 0.6) is 5.75 Å². The summed E-state index contributed by atoms with van der Waals surface area (Å²) in [5.41, 5.74) is 0.643. The number of hydrogen-bond donors (Lipinski definition) is 2. The van der Waals surface area contributed by atoms with Crippen LogP contribution in [0, 0.1) is 12.3 Å². The van der Waals surface area contributed by atoms with Crippen LogP contribution in [0.1, 0.15) is 31.2 Å². The van der Waals surface area contributed by atoms with E-state index in [1.54, 1.807) is 6.07 Å². The standard InChI is InChI=1S/C15H18BrNO4/c1-9-6-12(21-2)11(7-10(9)16)17-13(18)8-15(14(19)20)4-3-5-15/h6-7H,3-5,8H2,1-2H3,(H,17,18)(H,19,20). The number of carbonyl (C=O) groups excluding carboxylic acids is 1. The van der Waals surface area contributed by atoms with E-state index in [1.165, 1.54) is 7.11 Å². The number of nitrogens with one attached hydrogen (secondary N) is 1. The molecule has 0 aromatic heterocycles. The van der Waals surface area contributed by atoms with Crippen molar-refractivity contribution in [2.24, 2.45) is 5.41 Å². The Kier molecular flexibility index (Phi) is 4.56. The molecule has 2 rings (SSSR count). The van der Waals surface area contributed by atoms with Gasteiger partial charge in [-0.15, -0.1) is 0 Å². The van der Waals surface area contributed by atoms with Gasteiger partial charge in [0.1, 0.15) is 5.75 Å². The average Bonchev–Trinajstić information content (AvgIpc) is 2.37. The molecule has 5 nitrogen and oxygen atoms in total. The van der Waals surface area contributed by atoms with Crippen molar-refractivity contribution in [2.45, 2.75) is 32.6 Å². The van der Waals surface area contributed by atoms with Crippen LogP contribution in [0.15, 0.2) is 16.6 Å². The average molecular weight is 356 g/mol. The minimum atomic E-state index is -0.890. The lowest BCUT2D eigenvalue weighted by Crippen LogP contribution is -2.41. The summed E-state index contributed by atoms with van der Waals surface area (Å²) in [6, 6.07) is 3.58. The van der Waals surface area contributed by atoms with Crippen molar-refractivity contribution in [3.63, 3.8) is 0 Å². The molecule has 1 aliphatic carbocycles. The normalized spacial score (nSPS) is 16.0. The van der Waals surface area contributed by atoms with E-state index in [9.17, 15) is 14.7 Å². The highest BCUT2D eigenvalue weighted by Crippen LogP contribution is 2.44. The summed E-state index contributed by atoms with van der Waals surface area (Å²) in [5, 5.41) is 12.0. The Labute approximate surface area is 131 Å². The Hall–Kier alpha value is -1.56. The van der Waals surface area contributed by atoms with Crippen molar-refractivity contribution < 1.29 is 19.4 Å². The molecule has 1 saturated carbocycles. The minimum absolute atomic E-state index is 0.00299. The molecular weight excluding hydrogens is 338 g/mol. The van der Waals surface area contributed by atoms with Gasteiger partial charge in [-0.3, -0.25) is 9.59 Å². The van der Waals surface area contributed by atoms with Gasteiger partial charge in [0.15, 0.2) is 0 Å². The minimum Gasteiger partial charge on any atom is -0.495 e. The van der Waals surface area contributed by atoms with E-state index in [4.69, 9.17) is 4.74 Å². The van der Waals surface area contributed by atoms with Crippen molar-refractivity contribution in [1.29, 1.82) is 0 Å². The lowest BCUT2D eigenvalue weighted by Gasteiger charge is -2.36. The number of carboxylic acid groups (broad SMARTS) is 1. The fourth-order valence-electron chi connectivity index (χ4n) is 2.49. The molecule has 1 aromatic rings. The molecule has 6 heteroatoms. The molecule has 1 amide bonds. The summed E-state index contributed by atoms with van der Waals surface area (Å²) in [6.45, 7) is 1.92.